The van der Waals surface area contributed by atoms with E-state index in [4.69, 9.17) is 16.5 Å². The van der Waals surface area contributed by atoms with Crippen LogP contribution in [0.5, 0.6) is 0 Å². The standard InChI is InChI=1S/C30H27N2O/c1-18(2)22-14-20(4)32(6)27(15-22)29-19(3)12-13-23-25-16-24(21-10-8-7-9-11-21)26(31-5)17-28(25)33-30(23)29/h7-18H,1-4,6H3/q+1/i1D3,18D. The van der Waals surface area contributed by atoms with Crippen molar-refractivity contribution in [1.29, 1.82) is 0 Å². The van der Waals surface area contributed by atoms with Crippen molar-refractivity contribution < 1.29 is 14.5 Å². The number of aromatic nitrogens is 1. The Morgan fingerprint density at radius 2 is 1.82 bits per heavy atom. The summed E-state index contributed by atoms with van der Waals surface area (Å²) >= 11 is 0. The van der Waals surface area contributed by atoms with Crippen LogP contribution in [-0.2, 0) is 7.05 Å². The number of fused-ring (bicyclic) bond motifs is 3. The lowest BCUT2D eigenvalue weighted by Gasteiger charge is -2.11. The molecule has 0 bridgehead atoms. The zero-order valence-electron chi connectivity index (χ0n) is 23.2. The second kappa shape index (κ2) is 7.90. The highest BCUT2D eigenvalue weighted by atomic mass is 16.3. The molecule has 2 heterocycles. The van der Waals surface area contributed by atoms with E-state index in [2.05, 4.69) is 4.85 Å². The van der Waals surface area contributed by atoms with Crippen LogP contribution in [0.3, 0.4) is 0 Å². The molecule has 3 nitrogen and oxygen atoms in total. The van der Waals surface area contributed by atoms with Crippen LogP contribution in [0.25, 0.3) is 49.2 Å². The third-order valence-electron chi connectivity index (χ3n) is 6.41. The third-order valence-corrected chi connectivity index (χ3v) is 6.41. The van der Waals surface area contributed by atoms with Crippen molar-refractivity contribution >= 4 is 27.6 Å². The number of aryl methyl sites for hydroxylation is 2. The summed E-state index contributed by atoms with van der Waals surface area (Å²) in [6.45, 7) is 10.6. The van der Waals surface area contributed by atoms with E-state index >= 15 is 0 Å². The van der Waals surface area contributed by atoms with Gasteiger partial charge in [-0.1, -0.05) is 62.3 Å². The second-order valence-corrected chi connectivity index (χ2v) is 8.53. The maximum Gasteiger partial charge on any atom is 0.216 e. The lowest BCUT2D eigenvalue weighted by atomic mass is 9.95. The molecule has 3 heteroatoms. The summed E-state index contributed by atoms with van der Waals surface area (Å²) in [5.74, 6) is -1.77. The van der Waals surface area contributed by atoms with E-state index in [9.17, 15) is 0 Å². The predicted octanol–water partition coefficient (Wildman–Crippen LogP) is 8.04. The largest absolute Gasteiger partial charge is 0.456 e. The summed E-state index contributed by atoms with van der Waals surface area (Å²) in [7, 11) is 1.93. The Labute approximate surface area is 200 Å². The van der Waals surface area contributed by atoms with Crippen LogP contribution in [0, 0.1) is 20.4 Å². The normalized spacial score (nSPS) is 15.4. The van der Waals surface area contributed by atoms with Crippen molar-refractivity contribution in [2.45, 2.75) is 33.5 Å². The SMILES string of the molecule is [2H]C([2H])([2H])C([2H])(C)c1cc(C)[n+](C)c(-c2c(C)ccc3c2oc2cc([N+]#[C-])c(-c4ccccc4)cc23)c1. The summed E-state index contributed by atoms with van der Waals surface area (Å²) in [5.41, 5.74) is 7.46. The lowest BCUT2D eigenvalue weighted by molar-refractivity contribution is -0.666. The molecule has 1 atom stereocenters. The molecule has 5 aromatic rings. The third kappa shape index (κ3) is 3.39. The van der Waals surface area contributed by atoms with Crippen LogP contribution in [0.15, 0.2) is 71.1 Å². The smallest absolute Gasteiger partial charge is 0.216 e. The molecule has 0 amide bonds. The van der Waals surface area contributed by atoms with Crippen molar-refractivity contribution in [3.63, 3.8) is 0 Å². The van der Waals surface area contributed by atoms with Gasteiger partial charge in [0.05, 0.1) is 12.1 Å². The fourth-order valence-corrected chi connectivity index (χ4v) is 4.49. The number of nitrogens with zero attached hydrogens (tertiary/aromatic N) is 2. The van der Waals surface area contributed by atoms with Crippen molar-refractivity contribution in [2.24, 2.45) is 7.05 Å². The minimum atomic E-state index is -2.49. The van der Waals surface area contributed by atoms with Crippen molar-refractivity contribution in [1.82, 2.24) is 0 Å². The minimum Gasteiger partial charge on any atom is -0.456 e. The molecular weight excluding hydrogens is 404 g/mol. The van der Waals surface area contributed by atoms with Crippen LogP contribution >= 0.6 is 0 Å². The summed E-state index contributed by atoms with van der Waals surface area (Å²) in [4.78, 5) is 3.76. The van der Waals surface area contributed by atoms with Crippen LogP contribution in [0.2, 0.25) is 0 Å². The average molecular weight is 436 g/mol. The molecule has 0 saturated heterocycles. The number of rotatable bonds is 3. The van der Waals surface area contributed by atoms with Crippen LogP contribution in [0.1, 0.15) is 42.0 Å². The fourth-order valence-electron chi connectivity index (χ4n) is 4.49. The van der Waals surface area contributed by atoms with Gasteiger partial charge < -0.3 is 4.42 Å². The molecule has 3 aromatic carbocycles. The zero-order valence-corrected chi connectivity index (χ0v) is 19.2. The maximum atomic E-state index is 8.68. The highest BCUT2D eigenvalue weighted by Crippen LogP contribution is 2.42. The van der Waals surface area contributed by atoms with Crippen LogP contribution in [0.4, 0.5) is 5.69 Å². The number of benzene rings is 3. The number of hydrogen-bond donors (Lipinski definition) is 0. The molecule has 0 spiro atoms. The Kier molecular flexibility index (Phi) is 4.00. The average Bonchev–Trinajstić information content (AvgIpc) is 3.22. The van der Waals surface area contributed by atoms with E-state index < -0.39 is 12.7 Å². The number of pyridine rings is 1. The van der Waals surface area contributed by atoms with Gasteiger partial charge in [-0.3, -0.25) is 0 Å². The van der Waals surface area contributed by atoms with Gasteiger partial charge in [-0.15, -0.1) is 0 Å². The van der Waals surface area contributed by atoms with E-state index in [1.165, 1.54) is 6.92 Å². The monoisotopic (exact) mass is 435 g/mol. The molecule has 162 valence electrons. The zero-order chi connectivity index (χ0) is 26.7. The molecule has 0 aliphatic carbocycles. The van der Waals surface area contributed by atoms with Gasteiger partial charge in [-0.2, -0.15) is 4.57 Å². The van der Waals surface area contributed by atoms with E-state index in [-0.39, 0.29) is 0 Å². The summed E-state index contributed by atoms with van der Waals surface area (Å²) in [6.07, 6.45) is 0. The van der Waals surface area contributed by atoms with Crippen LogP contribution < -0.4 is 4.57 Å². The number of hydrogen-bond acceptors (Lipinski definition) is 1. The lowest BCUT2D eigenvalue weighted by Crippen LogP contribution is -2.35. The van der Waals surface area contributed by atoms with E-state index in [0.717, 1.165) is 44.4 Å². The molecule has 33 heavy (non-hydrogen) atoms. The molecule has 0 N–H and O–H groups in total. The Morgan fingerprint density at radius 3 is 2.55 bits per heavy atom. The second-order valence-electron chi connectivity index (χ2n) is 8.53. The molecule has 0 aliphatic rings. The highest BCUT2D eigenvalue weighted by Gasteiger charge is 2.24. The first kappa shape index (κ1) is 16.7. The Bertz CT molecular complexity index is 1730. The summed E-state index contributed by atoms with van der Waals surface area (Å²) in [6, 6.07) is 21.3. The van der Waals surface area contributed by atoms with Gasteiger partial charge in [0.1, 0.15) is 18.2 Å². The van der Waals surface area contributed by atoms with Crippen molar-refractivity contribution in [3.8, 4) is 22.4 Å². The van der Waals surface area contributed by atoms with Gasteiger partial charge in [-0.05, 0) is 41.1 Å². The molecule has 2 aromatic heterocycles. The van der Waals surface area contributed by atoms with Gasteiger partial charge in [-0.25, -0.2) is 4.85 Å². The van der Waals surface area contributed by atoms with Gasteiger partial charge in [0.25, 0.3) is 0 Å². The van der Waals surface area contributed by atoms with Crippen molar-refractivity contribution in [2.75, 3.05) is 0 Å². The van der Waals surface area contributed by atoms with E-state index in [1.807, 2.05) is 74.0 Å². The first-order valence-electron chi connectivity index (χ1n) is 12.9. The Balaban J connectivity index is 1.83. The predicted molar refractivity (Wildman–Crippen MR) is 136 cm³/mol. The Morgan fingerprint density at radius 1 is 1.03 bits per heavy atom. The van der Waals surface area contributed by atoms with Gasteiger partial charge >= 0.3 is 0 Å². The molecule has 0 saturated carbocycles. The molecule has 0 aliphatic heterocycles. The molecular formula is C30H27N2O+. The summed E-state index contributed by atoms with van der Waals surface area (Å²) < 4.78 is 40.9. The van der Waals surface area contributed by atoms with Gasteiger partial charge in [0.15, 0.2) is 11.4 Å². The first-order valence-corrected chi connectivity index (χ1v) is 10.9. The topological polar surface area (TPSA) is 21.4 Å². The first-order chi connectivity index (χ1) is 17.4. The minimum absolute atomic E-state index is 0.423. The summed E-state index contributed by atoms with van der Waals surface area (Å²) in [5, 5.41) is 1.82. The van der Waals surface area contributed by atoms with Gasteiger partial charge in [0.2, 0.25) is 5.69 Å². The quantitative estimate of drug-likeness (QED) is 0.208. The van der Waals surface area contributed by atoms with Gasteiger partial charge in [0, 0.05) is 35.3 Å². The Hall–Kier alpha value is -3.90. The van der Waals surface area contributed by atoms with E-state index in [1.54, 1.807) is 18.2 Å². The van der Waals surface area contributed by atoms with Crippen LogP contribution in [-0.4, -0.2) is 0 Å². The maximum absolute atomic E-state index is 8.68. The van der Waals surface area contributed by atoms with Crippen molar-refractivity contribution in [3.05, 3.63) is 95.0 Å². The molecule has 0 fully saturated rings. The molecule has 0 radical (unpaired) electrons. The molecule has 5 rings (SSSR count). The fraction of sp³-hybridized carbons (Fsp3) is 0.200. The number of furan rings is 1. The highest BCUT2D eigenvalue weighted by molar-refractivity contribution is 6.12. The molecule has 1 unspecified atom stereocenters. The van der Waals surface area contributed by atoms with E-state index in [0.29, 0.717) is 22.4 Å².